The van der Waals surface area contributed by atoms with Gasteiger partial charge in [-0.25, -0.2) is 4.79 Å². The monoisotopic (exact) mass is 381 g/mol. The van der Waals surface area contributed by atoms with Crippen molar-refractivity contribution < 1.29 is 9.90 Å². The van der Waals surface area contributed by atoms with E-state index in [1.807, 2.05) is 6.07 Å². The molecule has 3 nitrogen and oxygen atoms in total. The molecule has 1 heterocycles. The molecule has 1 aromatic heterocycles. The zero-order valence-electron chi connectivity index (χ0n) is 16.5. The van der Waals surface area contributed by atoms with Crippen LogP contribution in [0.25, 0.3) is 33.3 Å². The third kappa shape index (κ3) is 3.03. The fraction of sp³-hybridized carbons (Fsp3) is 0.192. The van der Waals surface area contributed by atoms with Crippen LogP contribution >= 0.6 is 0 Å². The van der Waals surface area contributed by atoms with Gasteiger partial charge in [-0.05, 0) is 64.9 Å². The van der Waals surface area contributed by atoms with Crippen molar-refractivity contribution in [3.8, 4) is 22.4 Å². The zero-order chi connectivity index (χ0) is 20.0. The fourth-order valence-electron chi connectivity index (χ4n) is 4.37. The Balaban J connectivity index is 1.53. The summed E-state index contributed by atoms with van der Waals surface area (Å²) in [4.78, 5) is 14.9. The summed E-state index contributed by atoms with van der Waals surface area (Å²) < 4.78 is 0. The molecule has 1 aliphatic rings. The molecule has 3 heteroatoms. The number of hydrogen-bond donors (Lipinski definition) is 2. The van der Waals surface area contributed by atoms with Crippen LogP contribution in [-0.4, -0.2) is 16.1 Å². The number of carboxylic acids is 1. The van der Waals surface area contributed by atoms with E-state index in [2.05, 4.69) is 54.4 Å². The van der Waals surface area contributed by atoms with Crippen LogP contribution in [0.1, 0.15) is 46.8 Å². The SMILES string of the molecule is CCCCc1ccc(-c2ccc3c(c2)-c2[nH]c4ccc(C(=O)O)cc4c2C3)cc1. The molecule has 1 aliphatic carbocycles. The molecule has 0 aliphatic heterocycles. The van der Waals surface area contributed by atoms with E-state index in [9.17, 15) is 9.90 Å². The lowest BCUT2D eigenvalue weighted by atomic mass is 9.98. The van der Waals surface area contributed by atoms with Crippen molar-refractivity contribution in [3.05, 3.63) is 82.9 Å². The van der Waals surface area contributed by atoms with Gasteiger partial charge in [0.1, 0.15) is 0 Å². The molecule has 0 radical (unpaired) electrons. The molecule has 0 bridgehead atoms. The van der Waals surface area contributed by atoms with Gasteiger partial charge in [-0.1, -0.05) is 49.7 Å². The molecule has 144 valence electrons. The molecule has 29 heavy (non-hydrogen) atoms. The van der Waals surface area contributed by atoms with Crippen molar-refractivity contribution in [3.63, 3.8) is 0 Å². The Hall–Kier alpha value is -3.33. The Morgan fingerprint density at radius 1 is 1.00 bits per heavy atom. The summed E-state index contributed by atoms with van der Waals surface area (Å²) in [6.45, 7) is 2.22. The Bertz CT molecular complexity index is 1230. The number of aromatic carboxylic acids is 1. The summed E-state index contributed by atoms with van der Waals surface area (Å²) in [7, 11) is 0. The lowest BCUT2D eigenvalue weighted by Crippen LogP contribution is -1.95. The first-order valence-electron chi connectivity index (χ1n) is 10.2. The number of aromatic amines is 1. The van der Waals surface area contributed by atoms with Gasteiger partial charge >= 0.3 is 5.97 Å². The highest BCUT2D eigenvalue weighted by Gasteiger charge is 2.24. The maximum Gasteiger partial charge on any atom is 0.335 e. The van der Waals surface area contributed by atoms with Crippen LogP contribution < -0.4 is 0 Å². The second-order valence-corrected chi connectivity index (χ2v) is 7.89. The number of benzene rings is 3. The van der Waals surface area contributed by atoms with Crippen molar-refractivity contribution in [1.82, 2.24) is 4.98 Å². The van der Waals surface area contributed by atoms with Gasteiger partial charge < -0.3 is 10.1 Å². The van der Waals surface area contributed by atoms with E-state index in [1.165, 1.54) is 46.2 Å². The Morgan fingerprint density at radius 3 is 2.55 bits per heavy atom. The number of aryl methyl sites for hydroxylation is 1. The van der Waals surface area contributed by atoms with E-state index in [1.54, 1.807) is 12.1 Å². The fourth-order valence-corrected chi connectivity index (χ4v) is 4.37. The summed E-state index contributed by atoms with van der Waals surface area (Å²) in [5, 5.41) is 10.3. The van der Waals surface area contributed by atoms with Crippen LogP contribution in [0, 0.1) is 0 Å². The third-order valence-electron chi connectivity index (χ3n) is 6.01. The van der Waals surface area contributed by atoms with Gasteiger partial charge in [0.25, 0.3) is 0 Å². The summed E-state index contributed by atoms with van der Waals surface area (Å²) >= 11 is 0. The maximum absolute atomic E-state index is 11.4. The second kappa shape index (κ2) is 6.93. The van der Waals surface area contributed by atoms with Gasteiger partial charge in [-0.3, -0.25) is 0 Å². The van der Waals surface area contributed by atoms with E-state index in [4.69, 9.17) is 0 Å². The van der Waals surface area contributed by atoms with Crippen molar-refractivity contribution in [2.75, 3.05) is 0 Å². The molecular weight excluding hydrogens is 358 g/mol. The molecule has 0 atom stereocenters. The van der Waals surface area contributed by atoms with Crippen LogP contribution in [0.2, 0.25) is 0 Å². The minimum Gasteiger partial charge on any atom is -0.478 e. The number of hydrogen-bond acceptors (Lipinski definition) is 1. The number of unbranched alkanes of at least 4 members (excludes halogenated alkanes) is 1. The number of aromatic nitrogens is 1. The molecule has 0 amide bonds. The van der Waals surface area contributed by atoms with Crippen molar-refractivity contribution in [2.45, 2.75) is 32.6 Å². The largest absolute Gasteiger partial charge is 0.478 e. The van der Waals surface area contributed by atoms with E-state index < -0.39 is 5.97 Å². The number of carboxylic acid groups (broad SMARTS) is 1. The summed E-state index contributed by atoms with van der Waals surface area (Å²) in [6, 6.07) is 20.9. The standard InChI is InChI=1S/C26H23NO2/c1-2-3-4-16-5-7-17(8-6-16)18-9-10-19-14-23-22-15-20(26(28)29)11-12-24(22)27-25(23)21(19)13-18/h5-13,15,27H,2-4,14H2,1H3,(H,28,29). The Morgan fingerprint density at radius 2 is 1.79 bits per heavy atom. The number of fused-ring (bicyclic) bond motifs is 5. The third-order valence-corrected chi connectivity index (χ3v) is 6.01. The van der Waals surface area contributed by atoms with Gasteiger partial charge in [0.15, 0.2) is 0 Å². The quantitative estimate of drug-likeness (QED) is 0.368. The van der Waals surface area contributed by atoms with Crippen molar-refractivity contribution in [2.24, 2.45) is 0 Å². The number of carbonyl (C=O) groups is 1. The average molecular weight is 381 g/mol. The van der Waals surface area contributed by atoms with Gasteiger partial charge in [0.05, 0.1) is 11.3 Å². The van der Waals surface area contributed by atoms with Gasteiger partial charge in [0, 0.05) is 22.9 Å². The highest BCUT2D eigenvalue weighted by molar-refractivity contribution is 5.99. The van der Waals surface area contributed by atoms with Crippen LogP contribution in [0.15, 0.2) is 60.7 Å². The van der Waals surface area contributed by atoms with Gasteiger partial charge in [-0.2, -0.15) is 0 Å². The first-order valence-corrected chi connectivity index (χ1v) is 10.2. The maximum atomic E-state index is 11.4. The van der Waals surface area contributed by atoms with E-state index in [0.717, 1.165) is 29.4 Å². The highest BCUT2D eigenvalue weighted by Crippen LogP contribution is 2.42. The Labute approximate surface area is 170 Å². The second-order valence-electron chi connectivity index (χ2n) is 7.89. The molecule has 0 unspecified atom stereocenters. The molecule has 3 aromatic carbocycles. The minimum absolute atomic E-state index is 0.333. The first-order chi connectivity index (χ1) is 14.1. The molecule has 0 saturated carbocycles. The molecule has 4 aromatic rings. The normalized spacial score (nSPS) is 12.2. The predicted octanol–water partition coefficient (Wildman–Crippen LogP) is 6.45. The molecule has 5 rings (SSSR count). The van der Waals surface area contributed by atoms with Crippen LogP contribution in [0.4, 0.5) is 0 Å². The molecule has 0 spiro atoms. The summed E-state index contributed by atoms with van der Waals surface area (Å²) in [5.74, 6) is -0.887. The summed E-state index contributed by atoms with van der Waals surface area (Å²) in [6.07, 6.45) is 4.42. The van der Waals surface area contributed by atoms with Crippen molar-refractivity contribution in [1.29, 1.82) is 0 Å². The van der Waals surface area contributed by atoms with Crippen LogP contribution in [0.5, 0.6) is 0 Å². The minimum atomic E-state index is -0.887. The molecule has 0 saturated heterocycles. The lowest BCUT2D eigenvalue weighted by Gasteiger charge is -2.07. The zero-order valence-corrected chi connectivity index (χ0v) is 16.5. The summed E-state index contributed by atoms with van der Waals surface area (Å²) in [5.41, 5.74) is 10.00. The number of rotatable bonds is 5. The van der Waals surface area contributed by atoms with E-state index in [-0.39, 0.29) is 0 Å². The van der Waals surface area contributed by atoms with E-state index >= 15 is 0 Å². The van der Waals surface area contributed by atoms with Crippen LogP contribution in [0.3, 0.4) is 0 Å². The number of H-pyrrole nitrogens is 1. The smallest absolute Gasteiger partial charge is 0.335 e. The molecular formula is C26H23NO2. The topological polar surface area (TPSA) is 53.1 Å². The van der Waals surface area contributed by atoms with Crippen LogP contribution in [-0.2, 0) is 12.8 Å². The van der Waals surface area contributed by atoms with E-state index in [0.29, 0.717) is 5.56 Å². The van der Waals surface area contributed by atoms with Gasteiger partial charge in [-0.15, -0.1) is 0 Å². The van der Waals surface area contributed by atoms with Gasteiger partial charge in [0.2, 0.25) is 0 Å². The lowest BCUT2D eigenvalue weighted by molar-refractivity contribution is 0.0697. The predicted molar refractivity (Wildman–Crippen MR) is 118 cm³/mol. The Kier molecular flexibility index (Phi) is 4.24. The average Bonchev–Trinajstić information content (AvgIpc) is 3.28. The molecule has 0 fully saturated rings. The van der Waals surface area contributed by atoms with Crippen molar-refractivity contribution >= 4 is 16.9 Å². The highest BCUT2D eigenvalue weighted by atomic mass is 16.4. The number of nitrogens with one attached hydrogen (secondary N) is 1. The first kappa shape index (κ1) is 17.7. The molecule has 2 N–H and O–H groups in total.